The fourth-order valence-electron chi connectivity index (χ4n) is 5.47. The molecule has 6 rings (SSSR count). The predicted octanol–water partition coefficient (Wildman–Crippen LogP) is 9.17. The number of hydrogen-bond donors (Lipinski definition) is 0. The van der Waals surface area contributed by atoms with Crippen LogP contribution in [-0.2, 0) is 58.2 Å². The largest absolute Gasteiger partial charge is 0.488 e. The van der Waals surface area contributed by atoms with Crippen LogP contribution < -0.4 is 9.47 Å². The van der Waals surface area contributed by atoms with E-state index in [9.17, 15) is 0 Å². The Labute approximate surface area is 285 Å². The molecule has 0 amide bonds. The third-order valence-corrected chi connectivity index (χ3v) is 8.78. The van der Waals surface area contributed by atoms with Crippen LogP contribution in [0.25, 0.3) is 0 Å². The Hall–Kier alpha value is -3.98. The van der Waals surface area contributed by atoms with Crippen LogP contribution >= 0.6 is 15.9 Å². The van der Waals surface area contributed by atoms with Crippen LogP contribution in [0.1, 0.15) is 40.3 Å². The summed E-state index contributed by atoms with van der Waals surface area (Å²) in [5, 5.41) is 0. The fraction of sp³-hybridized carbons (Fsp3) is 0.250. The molecule has 6 nitrogen and oxygen atoms in total. The zero-order valence-electron chi connectivity index (χ0n) is 26.4. The van der Waals surface area contributed by atoms with E-state index >= 15 is 0 Å². The van der Waals surface area contributed by atoms with Gasteiger partial charge in [-0.15, -0.1) is 0 Å². The van der Waals surface area contributed by atoms with Crippen molar-refractivity contribution in [2.24, 2.45) is 0 Å². The minimum Gasteiger partial charge on any atom is -0.488 e. The van der Waals surface area contributed by atoms with Gasteiger partial charge in [-0.1, -0.05) is 128 Å². The van der Waals surface area contributed by atoms with Crippen molar-refractivity contribution >= 4 is 15.9 Å². The molecule has 0 radical (unpaired) electrons. The van der Waals surface area contributed by atoms with Crippen LogP contribution in [0.3, 0.4) is 0 Å². The van der Waals surface area contributed by atoms with Crippen molar-refractivity contribution in [2.45, 2.75) is 65.1 Å². The van der Waals surface area contributed by atoms with Gasteiger partial charge in [0.25, 0.3) is 0 Å². The summed E-state index contributed by atoms with van der Waals surface area (Å²) < 4.78 is 39.0. The van der Waals surface area contributed by atoms with Crippen LogP contribution in [0.2, 0.25) is 0 Å². The summed E-state index contributed by atoms with van der Waals surface area (Å²) in [4.78, 5) is 0. The highest BCUT2D eigenvalue weighted by molar-refractivity contribution is 9.10. The van der Waals surface area contributed by atoms with E-state index in [1.807, 2.05) is 115 Å². The highest BCUT2D eigenvalue weighted by Gasteiger charge is 2.39. The van der Waals surface area contributed by atoms with Crippen molar-refractivity contribution in [3.8, 4) is 11.5 Å². The van der Waals surface area contributed by atoms with Crippen LogP contribution in [0.15, 0.2) is 132 Å². The maximum absolute atomic E-state index is 6.45. The molecule has 1 fully saturated rings. The van der Waals surface area contributed by atoms with Crippen molar-refractivity contribution in [2.75, 3.05) is 0 Å². The van der Waals surface area contributed by atoms with Gasteiger partial charge in [0.15, 0.2) is 6.29 Å². The number of halogens is 1. The predicted molar refractivity (Wildman–Crippen MR) is 185 cm³/mol. The molecular weight excluding hydrogens is 656 g/mol. The van der Waals surface area contributed by atoms with Gasteiger partial charge in [-0.2, -0.15) is 0 Å². The summed E-state index contributed by atoms with van der Waals surface area (Å²) in [5.74, 6) is 1.46. The van der Waals surface area contributed by atoms with Crippen molar-refractivity contribution in [3.63, 3.8) is 0 Å². The maximum Gasteiger partial charge on any atom is 0.212 e. The summed E-state index contributed by atoms with van der Waals surface area (Å²) in [5.41, 5.74) is 6.30. The monoisotopic (exact) mass is 694 g/mol. The van der Waals surface area contributed by atoms with Crippen LogP contribution in [0.4, 0.5) is 0 Å². The van der Waals surface area contributed by atoms with Crippen molar-refractivity contribution in [1.29, 1.82) is 0 Å². The van der Waals surface area contributed by atoms with Crippen LogP contribution in [0.5, 0.6) is 11.5 Å². The first kappa shape index (κ1) is 32.9. The van der Waals surface area contributed by atoms with Gasteiger partial charge in [-0.05, 0) is 55.7 Å². The van der Waals surface area contributed by atoms with Gasteiger partial charge in [0, 0.05) is 12.5 Å². The maximum atomic E-state index is 6.45. The summed E-state index contributed by atoms with van der Waals surface area (Å²) >= 11 is 3.88. The molecule has 2 atom stereocenters. The first-order valence-electron chi connectivity index (χ1n) is 16.0. The Morgan fingerprint density at radius 1 is 0.532 bits per heavy atom. The van der Waals surface area contributed by atoms with Crippen molar-refractivity contribution < 1.29 is 28.4 Å². The van der Waals surface area contributed by atoms with Crippen LogP contribution in [0, 0.1) is 0 Å². The van der Waals surface area contributed by atoms with E-state index < -0.39 is 18.9 Å². The smallest absolute Gasteiger partial charge is 0.212 e. The molecule has 0 spiro atoms. The molecule has 5 aromatic rings. The SMILES string of the molecule is CCc1c(OCc2ccccc2)cc(OCc2ccccc2)c(Br)c1CC1O[C@@H](OCc2ccccc2)[C@H](OCc2ccccc2)O1. The van der Waals surface area contributed by atoms with E-state index in [1.54, 1.807) is 0 Å². The average molecular weight is 696 g/mol. The van der Waals surface area contributed by atoms with E-state index in [0.29, 0.717) is 38.6 Å². The normalized spacial score (nSPS) is 16.3. The zero-order valence-corrected chi connectivity index (χ0v) is 28.0. The lowest BCUT2D eigenvalue weighted by molar-refractivity contribution is -0.200. The van der Waals surface area contributed by atoms with Crippen molar-refractivity contribution in [1.82, 2.24) is 0 Å². The van der Waals surface area contributed by atoms with E-state index in [2.05, 4.69) is 35.0 Å². The molecule has 0 saturated carbocycles. The van der Waals surface area contributed by atoms with Gasteiger partial charge in [-0.25, -0.2) is 0 Å². The molecule has 242 valence electrons. The molecule has 0 aromatic heterocycles. The van der Waals surface area contributed by atoms with Gasteiger partial charge in [0.05, 0.1) is 17.7 Å². The summed E-state index contributed by atoms with van der Waals surface area (Å²) in [6, 6.07) is 42.3. The Morgan fingerprint density at radius 3 is 1.36 bits per heavy atom. The van der Waals surface area contributed by atoms with Crippen molar-refractivity contribution in [3.05, 3.63) is 165 Å². The lowest BCUT2D eigenvalue weighted by Crippen LogP contribution is -2.28. The van der Waals surface area contributed by atoms with Crippen LogP contribution in [-0.4, -0.2) is 18.9 Å². The molecule has 0 aliphatic carbocycles. The Morgan fingerprint density at radius 2 is 0.936 bits per heavy atom. The summed E-state index contributed by atoms with van der Waals surface area (Å²) in [7, 11) is 0. The Bertz CT molecular complexity index is 1620. The first-order valence-corrected chi connectivity index (χ1v) is 16.7. The topological polar surface area (TPSA) is 55.4 Å². The molecule has 1 aliphatic rings. The summed E-state index contributed by atoms with van der Waals surface area (Å²) in [6.07, 6.45) is -0.863. The second-order valence-corrected chi connectivity index (χ2v) is 12.1. The standard InChI is InChI=1S/C40H39BrO6/c1-2-33-34(38(41)36(43-26-30-17-9-4-10-18-30)24-35(33)42-25-29-15-7-3-8-16-29)23-37-46-39(44-27-31-19-11-5-12-20-31)40(47-37)45-28-32-21-13-6-14-22-32/h3-22,24,37,39-40H,2,23,25-28H2,1H3/t39-,40-/m1/s1. The second kappa shape index (κ2) is 16.7. The van der Waals surface area contributed by atoms with E-state index in [-0.39, 0.29) is 0 Å². The van der Waals surface area contributed by atoms with E-state index in [0.717, 1.165) is 50.0 Å². The van der Waals surface area contributed by atoms with Gasteiger partial charge in [0.2, 0.25) is 12.6 Å². The van der Waals surface area contributed by atoms with Gasteiger partial charge >= 0.3 is 0 Å². The number of rotatable bonds is 15. The molecule has 0 N–H and O–H groups in total. The minimum absolute atomic E-state index is 0.372. The highest BCUT2D eigenvalue weighted by Crippen LogP contribution is 2.41. The molecular formula is C40H39BrO6. The van der Waals surface area contributed by atoms with Gasteiger partial charge < -0.3 is 28.4 Å². The third-order valence-electron chi connectivity index (χ3n) is 7.91. The first-order chi connectivity index (χ1) is 23.2. The Balaban J connectivity index is 1.24. The highest BCUT2D eigenvalue weighted by atomic mass is 79.9. The number of ether oxygens (including phenoxy) is 6. The Kier molecular flexibility index (Phi) is 11.7. The molecule has 0 unspecified atom stereocenters. The van der Waals surface area contributed by atoms with E-state index in [4.69, 9.17) is 28.4 Å². The molecule has 0 bridgehead atoms. The lowest BCUT2D eigenvalue weighted by atomic mass is 10.00. The third kappa shape index (κ3) is 9.10. The van der Waals surface area contributed by atoms with E-state index in [1.165, 1.54) is 0 Å². The zero-order chi connectivity index (χ0) is 32.3. The number of benzene rings is 5. The second-order valence-electron chi connectivity index (χ2n) is 11.3. The summed E-state index contributed by atoms with van der Waals surface area (Å²) in [6.45, 7) is 3.73. The average Bonchev–Trinajstić information content (AvgIpc) is 3.52. The molecule has 1 heterocycles. The molecule has 47 heavy (non-hydrogen) atoms. The molecule has 1 saturated heterocycles. The quantitative estimate of drug-likeness (QED) is 0.109. The van der Waals surface area contributed by atoms with Gasteiger partial charge in [0.1, 0.15) is 24.7 Å². The number of hydrogen-bond acceptors (Lipinski definition) is 6. The molecule has 1 aliphatic heterocycles. The fourth-order valence-corrected chi connectivity index (χ4v) is 6.10. The lowest BCUT2D eigenvalue weighted by Gasteiger charge is -2.21. The minimum atomic E-state index is -0.709. The molecule has 7 heteroatoms. The van der Waals surface area contributed by atoms with Gasteiger partial charge in [-0.3, -0.25) is 0 Å². The molecule has 5 aromatic carbocycles.